The maximum absolute atomic E-state index is 9.56. The number of methoxy groups -OCH3 is 1. The first kappa shape index (κ1) is 16.9. The summed E-state index contributed by atoms with van der Waals surface area (Å²) in [5.74, 6) is 0.834. The highest BCUT2D eigenvalue weighted by Crippen LogP contribution is 2.23. The molecular weight excluding hydrogens is 304 g/mol. The molecule has 5 nitrogen and oxygen atoms in total. The number of aromatic nitrogens is 1. The van der Waals surface area contributed by atoms with Crippen LogP contribution in [0.25, 0.3) is 0 Å². The molecule has 3 rings (SSSR count). The SMILES string of the molecule is CO[C@@H]1C[C@@H](CO)N(Cc2cccc(OCc3ccccn3)c2)C1. The third-order valence-electron chi connectivity index (χ3n) is 4.43. The molecule has 0 aliphatic carbocycles. The Morgan fingerprint density at radius 2 is 2.17 bits per heavy atom. The summed E-state index contributed by atoms with van der Waals surface area (Å²) in [6.07, 6.45) is 2.85. The molecule has 1 saturated heterocycles. The van der Waals surface area contributed by atoms with Crippen LogP contribution in [0.15, 0.2) is 48.7 Å². The van der Waals surface area contributed by atoms with Crippen molar-refractivity contribution in [1.29, 1.82) is 0 Å². The molecule has 24 heavy (non-hydrogen) atoms. The van der Waals surface area contributed by atoms with Crippen molar-refractivity contribution in [3.63, 3.8) is 0 Å². The minimum Gasteiger partial charge on any atom is -0.487 e. The molecule has 1 aromatic carbocycles. The Balaban J connectivity index is 1.60. The first-order valence-electron chi connectivity index (χ1n) is 8.28. The molecule has 1 N–H and O–H groups in total. The van der Waals surface area contributed by atoms with Crippen LogP contribution in [-0.2, 0) is 17.9 Å². The molecule has 0 saturated carbocycles. The van der Waals surface area contributed by atoms with E-state index in [1.807, 2.05) is 30.3 Å². The zero-order valence-corrected chi connectivity index (χ0v) is 14.0. The minimum absolute atomic E-state index is 0.160. The zero-order chi connectivity index (χ0) is 16.8. The molecular formula is C19H24N2O3. The van der Waals surface area contributed by atoms with E-state index in [2.05, 4.69) is 22.0 Å². The van der Waals surface area contributed by atoms with Gasteiger partial charge in [-0.1, -0.05) is 18.2 Å². The summed E-state index contributed by atoms with van der Waals surface area (Å²) in [7, 11) is 1.73. The zero-order valence-electron chi connectivity index (χ0n) is 14.0. The second-order valence-corrected chi connectivity index (χ2v) is 6.12. The third-order valence-corrected chi connectivity index (χ3v) is 4.43. The number of rotatable bonds is 7. The van der Waals surface area contributed by atoms with Gasteiger partial charge >= 0.3 is 0 Å². The van der Waals surface area contributed by atoms with Gasteiger partial charge in [0, 0.05) is 32.4 Å². The normalized spacial score (nSPS) is 21.1. The average Bonchev–Trinajstić information content (AvgIpc) is 3.03. The molecule has 0 spiro atoms. The molecule has 1 aliphatic rings. The number of aliphatic hydroxyl groups excluding tert-OH is 1. The van der Waals surface area contributed by atoms with Crippen molar-refractivity contribution in [2.75, 3.05) is 20.3 Å². The summed E-state index contributed by atoms with van der Waals surface area (Å²) in [5.41, 5.74) is 2.08. The molecule has 0 unspecified atom stereocenters. The molecule has 0 amide bonds. The number of benzene rings is 1. The smallest absolute Gasteiger partial charge is 0.130 e. The van der Waals surface area contributed by atoms with E-state index in [0.717, 1.165) is 31.0 Å². The maximum atomic E-state index is 9.56. The minimum atomic E-state index is 0.160. The lowest BCUT2D eigenvalue weighted by Crippen LogP contribution is -2.31. The summed E-state index contributed by atoms with van der Waals surface area (Å²) in [6, 6.07) is 14.1. The lowest BCUT2D eigenvalue weighted by Gasteiger charge is -2.22. The fourth-order valence-corrected chi connectivity index (χ4v) is 3.10. The Hall–Kier alpha value is -1.95. The second-order valence-electron chi connectivity index (χ2n) is 6.12. The van der Waals surface area contributed by atoms with E-state index in [1.54, 1.807) is 13.3 Å². The number of hydrogen-bond donors (Lipinski definition) is 1. The predicted octanol–water partition coefficient (Wildman–Crippen LogP) is 2.24. The summed E-state index contributed by atoms with van der Waals surface area (Å²) < 4.78 is 11.3. The van der Waals surface area contributed by atoms with Crippen LogP contribution in [0, 0.1) is 0 Å². The number of ether oxygens (including phenoxy) is 2. The number of nitrogens with zero attached hydrogens (tertiary/aromatic N) is 2. The average molecular weight is 328 g/mol. The Kier molecular flexibility index (Phi) is 5.80. The fourth-order valence-electron chi connectivity index (χ4n) is 3.10. The van der Waals surface area contributed by atoms with Gasteiger partial charge in [-0.05, 0) is 36.2 Å². The quantitative estimate of drug-likeness (QED) is 0.845. The van der Waals surface area contributed by atoms with Crippen molar-refractivity contribution in [1.82, 2.24) is 9.88 Å². The molecule has 0 bridgehead atoms. The van der Waals surface area contributed by atoms with Gasteiger partial charge in [-0.15, -0.1) is 0 Å². The van der Waals surface area contributed by atoms with Crippen LogP contribution >= 0.6 is 0 Å². The summed E-state index contributed by atoms with van der Waals surface area (Å²) in [4.78, 5) is 6.53. The number of hydrogen-bond acceptors (Lipinski definition) is 5. The third kappa shape index (κ3) is 4.32. The van der Waals surface area contributed by atoms with Crippen molar-refractivity contribution >= 4 is 0 Å². The molecule has 2 heterocycles. The van der Waals surface area contributed by atoms with Crippen molar-refractivity contribution in [3.8, 4) is 5.75 Å². The van der Waals surface area contributed by atoms with Crippen molar-refractivity contribution in [2.45, 2.75) is 31.7 Å². The van der Waals surface area contributed by atoms with E-state index in [9.17, 15) is 5.11 Å². The van der Waals surface area contributed by atoms with Crippen LogP contribution < -0.4 is 4.74 Å². The van der Waals surface area contributed by atoms with Gasteiger partial charge in [-0.2, -0.15) is 0 Å². The van der Waals surface area contributed by atoms with Crippen LogP contribution in [0.1, 0.15) is 17.7 Å². The Morgan fingerprint density at radius 1 is 1.25 bits per heavy atom. The van der Waals surface area contributed by atoms with Crippen molar-refractivity contribution < 1.29 is 14.6 Å². The van der Waals surface area contributed by atoms with Crippen LogP contribution in [0.4, 0.5) is 0 Å². The highest BCUT2D eigenvalue weighted by molar-refractivity contribution is 5.29. The Labute approximate surface area is 142 Å². The van der Waals surface area contributed by atoms with Crippen molar-refractivity contribution in [3.05, 3.63) is 59.9 Å². The largest absolute Gasteiger partial charge is 0.487 e. The molecule has 0 radical (unpaired) electrons. The van der Waals surface area contributed by atoms with Crippen LogP contribution in [-0.4, -0.2) is 47.4 Å². The summed E-state index contributed by atoms with van der Waals surface area (Å²) in [5, 5.41) is 9.56. The van der Waals surface area contributed by atoms with Gasteiger partial charge in [0.25, 0.3) is 0 Å². The molecule has 5 heteroatoms. The molecule has 1 aromatic heterocycles. The van der Waals surface area contributed by atoms with Gasteiger partial charge in [0.2, 0.25) is 0 Å². The number of pyridine rings is 1. The molecule has 1 fully saturated rings. The highest BCUT2D eigenvalue weighted by atomic mass is 16.5. The van der Waals surface area contributed by atoms with E-state index < -0.39 is 0 Å². The van der Waals surface area contributed by atoms with Crippen LogP contribution in [0.2, 0.25) is 0 Å². The molecule has 2 aromatic rings. The van der Waals surface area contributed by atoms with Gasteiger partial charge in [-0.3, -0.25) is 9.88 Å². The van der Waals surface area contributed by atoms with E-state index in [1.165, 1.54) is 5.56 Å². The van der Waals surface area contributed by atoms with Crippen LogP contribution in [0.3, 0.4) is 0 Å². The Morgan fingerprint density at radius 3 is 2.92 bits per heavy atom. The van der Waals surface area contributed by atoms with E-state index >= 15 is 0 Å². The lowest BCUT2D eigenvalue weighted by molar-refractivity contribution is 0.107. The topological polar surface area (TPSA) is 54.8 Å². The summed E-state index contributed by atoms with van der Waals surface area (Å²) >= 11 is 0. The maximum Gasteiger partial charge on any atom is 0.130 e. The van der Waals surface area contributed by atoms with Gasteiger partial charge in [0.15, 0.2) is 0 Å². The van der Waals surface area contributed by atoms with Crippen molar-refractivity contribution in [2.24, 2.45) is 0 Å². The second kappa shape index (κ2) is 8.24. The van der Waals surface area contributed by atoms with Gasteiger partial charge in [-0.25, -0.2) is 0 Å². The standard InChI is InChI=1S/C19H24N2O3/c1-23-19-10-17(13-22)21(12-19)11-15-5-4-7-18(9-15)24-14-16-6-2-3-8-20-16/h2-9,17,19,22H,10-14H2,1H3/t17-,19+/m0/s1. The highest BCUT2D eigenvalue weighted by Gasteiger charge is 2.31. The predicted molar refractivity (Wildman–Crippen MR) is 91.7 cm³/mol. The fraction of sp³-hybridized carbons (Fsp3) is 0.421. The first-order chi connectivity index (χ1) is 11.8. The molecule has 128 valence electrons. The number of likely N-dealkylation sites (tertiary alicyclic amines) is 1. The summed E-state index contributed by atoms with van der Waals surface area (Å²) in [6.45, 7) is 2.25. The van der Waals surface area contributed by atoms with Gasteiger partial charge < -0.3 is 14.6 Å². The Bertz CT molecular complexity index is 636. The lowest BCUT2D eigenvalue weighted by atomic mass is 10.1. The van der Waals surface area contributed by atoms with Crippen LogP contribution in [0.5, 0.6) is 5.75 Å². The van der Waals surface area contributed by atoms with Gasteiger partial charge in [0.1, 0.15) is 12.4 Å². The monoisotopic (exact) mass is 328 g/mol. The number of aliphatic hydroxyl groups is 1. The van der Waals surface area contributed by atoms with Gasteiger partial charge in [0.05, 0.1) is 18.4 Å². The van der Waals surface area contributed by atoms with E-state index in [4.69, 9.17) is 9.47 Å². The van der Waals surface area contributed by atoms with E-state index in [-0.39, 0.29) is 18.8 Å². The first-order valence-corrected chi connectivity index (χ1v) is 8.28. The van der Waals surface area contributed by atoms with E-state index in [0.29, 0.717) is 6.61 Å². The molecule has 2 atom stereocenters. The molecule has 1 aliphatic heterocycles.